The van der Waals surface area contributed by atoms with Crippen LogP contribution in [0.3, 0.4) is 0 Å². The van der Waals surface area contributed by atoms with E-state index in [0.29, 0.717) is 12.0 Å². The van der Waals surface area contributed by atoms with Crippen LogP contribution >= 0.6 is 0 Å². The second-order valence-electron chi connectivity index (χ2n) is 9.45. The number of aryl methyl sites for hydroxylation is 3. The summed E-state index contributed by atoms with van der Waals surface area (Å²) in [5.74, 6) is -2.37. The van der Waals surface area contributed by atoms with E-state index in [9.17, 15) is 23.9 Å². The first kappa shape index (κ1) is 26.7. The summed E-state index contributed by atoms with van der Waals surface area (Å²) in [5.41, 5.74) is 2.65. The molecular weight excluding hydrogens is 463 g/mol. The maximum atomic E-state index is 15.0. The Morgan fingerprint density at radius 2 is 1.81 bits per heavy atom. The van der Waals surface area contributed by atoms with Crippen LogP contribution in [0.4, 0.5) is 4.39 Å². The molecule has 2 atom stereocenters. The SMILES string of the molecule is Cc1ccn([C@@H](CC(C)C)C(=O)N[C@H](CC(=O)O)c2nc(-c3c(C)cccc3C)ncc2F)c(=O)c1. The van der Waals surface area contributed by atoms with Gasteiger partial charge in [-0.1, -0.05) is 32.0 Å². The zero-order chi connectivity index (χ0) is 26.6. The topological polar surface area (TPSA) is 114 Å². The van der Waals surface area contributed by atoms with Gasteiger partial charge in [0, 0.05) is 17.8 Å². The Morgan fingerprint density at radius 1 is 1.14 bits per heavy atom. The highest BCUT2D eigenvalue weighted by atomic mass is 19.1. The number of benzene rings is 1. The molecule has 1 amide bonds. The number of aromatic nitrogens is 3. The number of pyridine rings is 1. The standard InChI is InChI=1S/C27H31FN4O4/c1-15(2)11-21(32-10-9-16(3)12-22(32)33)27(36)30-20(13-23(34)35)25-19(28)14-29-26(31-25)24-17(4)7-6-8-18(24)5/h6-10,12,14-15,20-21H,11,13H2,1-5H3,(H,30,36)(H,34,35)/t20-,21+/m1/s1. The van der Waals surface area contributed by atoms with E-state index < -0.39 is 36.2 Å². The number of carboxylic acid groups (broad SMARTS) is 1. The van der Waals surface area contributed by atoms with E-state index >= 15 is 0 Å². The third kappa shape index (κ3) is 6.21. The lowest BCUT2D eigenvalue weighted by atomic mass is 10.0. The van der Waals surface area contributed by atoms with Crippen molar-refractivity contribution in [1.29, 1.82) is 0 Å². The zero-order valence-electron chi connectivity index (χ0n) is 21.1. The fourth-order valence-electron chi connectivity index (χ4n) is 4.21. The molecule has 2 aromatic heterocycles. The van der Waals surface area contributed by atoms with Gasteiger partial charge in [-0.05, 0) is 55.9 Å². The second-order valence-corrected chi connectivity index (χ2v) is 9.45. The van der Waals surface area contributed by atoms with Gasteiger partial charge in [0.1, 0.15) is 11.7 Å². The molecule has 0 fully saturated rings. The van der Waals surface area contributed by atoms with Gasteiger partial charge in [0.05, 0.1) is 18.7 Å². The van der Waals surface area contributed by atoms with Crippen LogP contribution in [0.2, 0.25) is 0 Å². The Kier molecular flexibility index (Phi) is 8.34. The maximum Gasteiger partial charge on any atom is 0.305 e. The van der Waals surface area contributed by atoms with Crippen molar-refractivity contribution in [3.8, 4) is 11.4 Å². The van der Waals surface area contributed by atoms with Crippen LogP contribution in [0.1, 0.15) is 61.2 Å². The Bertz CT molecular complexity index is 1320. The van der Waals surface area contributed by atoms with Gasteiger partial charge in [-0.15, -0.1) is 0 Å². The summed E-state index contributed by atoms with van der Waals surface area (Å²) in [6.45, 7) is 9.35. The van der Waals surface area contributed by atoms with E-state index in [0.717, 1.165) is 22.9 Å². The van der Waals surface area contributed by atoms with Crippen molar-refractivity contribution in [2.24, 2.45) is 5.92 Å². The molecule has 1 aromatic carbocycles. The van der Waals surface area contributed by atoms with E-state index in [-0.39, 0.29) is 23.0 Å². The van der Waals surface area contributed by atoms with Crippen molar-refractivity contribution >= 4 is 11.9 Å². The molecular formula is C27H31FN4O4. The fourth-order valence-corrected chi connectivity index (χ4v) is 4.21. The molecule has 2 N–H and O–H groups in total. The number of nitrogens with one attached hydrogen (secondary N) is 1. The zero-order valence-corrected chi connectivity index (χ0v) is 21.1. The number of nitrogens with zero attached hydrogens (tertiary/aromatic N) is 3. The van der Waals surface area contributed by atoms with Crippen molar-refractivity contribution in [3.63, 3.8) is 0 Å². The summed E-state index contributed by atoms with van der Waals surface area (Å²) < 4.78 is 16.3. The van der Waals surface area contributed by atoms with Gasteiger partial charge in [-0.2, -0.15) is 0 Å². The third-order valence-corrected chi connectivity index (χ3v) is 5.94. The van der Waals surface area contributed by atoms with Crippen LogP contribution in [-0.4, -0.2) is 31.5 Å². The quantitative estimate of drug-likeness (QED) is 0.459. The molecule has 0 saturated carbocycles. The molecule has 0 saturated heterocycles. The molecule has 0 aliphatic rings. The highest BCUT2D eigenvalue weighted by molar-refractivity contribution is 5.81. The number of carboxylic acids is 1. The Morgan fingerprint density at radius 3 is 2.39 bits per heavy atom. The molecule has 0 spiro atoms. The predicted octanol–water partition coefficient (Wildman–Crippen LogP) is 4.29. The minimum atomic E-state index is -1.27. The summed E-state index contributed by atoms with van der Waals surface area (Å²) >= 11 is 0. The maximum absolute atomic E-state index is 15.0. The van der Waals surface area contributed by atoms with E-state index in [1.165, 1.54) is 10.6 Å². The summed E-state index contributed by atoms with van der Waals surface area (Å²) in [7, 11) is 0. The molecule has 0 aliphatic carbocycles. The molecule has 0 bridgehead atoms. The first-order chi connectivity index (χ1) is 17.0. The van der Waals surface area contributed by atoms with Crippen molar-refractivity contribution < 1.29 is 19.1 Å². The minimum absolute atomic E-state index is 0.0540. The van der Waals surface area contributed by atoms with E-state index in [2.05, 4.69) is 15.3 Å². The monoisotopic (exact) mass is 494 g/mol. The number of carbonyl (C=O) groups excluding carboxylic acids is 1. The lowest BCUT2D eigenvalue weighted by molar-refractivity contribution is -0.138. The summed E-state index contributed by atoms with van der Waals surface area (Å²) in [6, 6.07) is 6.61. The third-order valence-electron chi connectivity index (χ3n) is 5.94. The normalized spacial score (nSPS) is 12.9. The fraction of sp³-hybridized carbons (Fsp3) is 0.370. The smallest absolute Gasteiger partial charge is 0.305 e. The highest BCUT2D eigenvalue weighted by Crippen LogP contribution is 2.27. The summed E-state index contributed by atoms with van der Waals surface area (Å²) in [4.78, 5) is 46.2. The molecule has 2 heterocycles. The van der Waals surface area contributed by atoms with E-state index in [1.54, 1.807) is 19.2 Å². The predicted molar refractivity (Wildman–Crippen MR) is 134 cm³/mol. The number of hydrogen-bond acceptors (Lipinski definition) is 5. The average Bonchev–Trinajstić information content (AvgIpc) is 2.78. The second kappa shape index (κ2) is 11.2. The number of halogens is 1. The van der Waals surface area contributed by atoms with Crippen LogP contribution < -0.4 is 10.9 Å². The van der Waals surface area contributed by atoms with Gasteiger partial charge in [0.15, 0.2) is 11.6 Å². The Labute approximate surface area is 209 Å². The van der Waals surface area contributed by atoms with Gasteiger partial charge in [0.2, 0.25) is 5.91 Å². The van der Waals surface area contributed by atoms with Gasteiger partial charge in [0.25, 0.3) is 5.56 Å². The number of amides is 1. The number of aliphatic carboxylic acids is 1. The number of carbonyl (C=O) groups is 2. The molecule has 3 rings (SSSR count). The molecule has 0 unspecified atom stereocenters. The lowest BCUT2D eigenvalue weighted by Crippen LogP contribution is -2.40. The molecule has 0 radical (unpaired) electrons. The highest BCUT2D eigenvalue weighted by Gasteiger charge is 2.29. The molecule has 0 aliphatic heterocycles. The van der Waals surface area contributed by atoms with Crippen molar-refractivity contribution in [2.75, 3.05) is 0 Å². The summed E-state index contributed by atoms with van der Waals surface area (Å²) in [6.07, 6.45) is 2.26. The first-order valence-electron chi connectivity index (χ1n) is 11.8. The van der Waals surface area contributed by atoms with Crippen LogP contribution in [0.5, 0.6) is 0 Å². The Balaban J connectivity index is 2.04. The van der Waals surface area contributed by atoms with Crippen LogP contribution in [-0.2, 0) is 9.59 Å². The summed E-state index contributed by atoms with van der Waals surface area (Å²) in [5, 5.41) is 12.2. The van der Waals surface area contributed by atoms with E-state index in [1.807, 2.05) is 45.9 Å². The molecule has 36 heavy (non-hydrogen) atoms. The Hall–Kier alpha value is -3.88. The van der Waals surface area contributed by atoms with Crippen molar-refractivity contribution in [2.45, 2.75) is 59.5 Å². The largest absolute Gasteiger partial charge is 0.481 e. The minimum Gasteiger partial charge on any atom is -0.481 e. The van der Waals surface area contributed by atoms with Crippen molar-refractivity contribution in [1.82, 2.24) is 19.9 Å². The average molecular weight is 495 g/mol. The van der Waals surface area contributed by atoms with E-state index in [4.69, 9.17) is 0 Å². The molecule has 3 aromatic rings. The van der Waals surface area contributed by atoms with Gasteiger partial charge in [-0.3, -0.25) is 14.4 Å². The van der Waals surface area contributed by atoms with Crippen LogP contribution in [0.25, 0.3) is 11.4 Å². The molecule has 190 valence electrons. The number of hydrogen-bond donors (Lipinski definition) is 2. The van der Waals surface area contributed by atoms with Crippen LogP contribution in [0.15, 0.2) is 47.5 Å². The molecule has 9 heteroatoms. The molecule has 8 nitrogen and oxygen atoms in total. The van der Waals surface area contributed by atoms with Gasteiger partial charge >= 0.3 is 5.97 Å². The van der Waals surface area contributed by atoms with Crippen LogP contribution in [0, 0.1) is 32.5 Å². The number of rotatable bonds is 9. The van der Waals surface area contributed by atoms with Gasteiger partial charge in [-0.25, -0.2) is 14.4 Å². The first-order valence-corrected chi connectivity index (χ1v) is 11.8. The van der Waals surface area contributed by atoms with Gasteiger partial charge < -0.3 is 15.0 Å². The lowest BCUT2D eigenvalue weighted by Gasteiger charge is -2.25. The van der Waals surface area contributed by atoms with Crippen molar-refractivity contribution in [3.05, 3.63) is 81.3 Å².